The van der Waals surface area contributed by atoms with Crippen LogP contribution < -0.4 is 5.32 Å². The number of hydrogen-bond donors (Lipinski definition) is 1. The van der Waals surface area contributed by atoms with Crippen LogP contribution >= 0.6 is 34.4 Å². The highest BCUT2D eigenvalue weighted by Crippen LogP contribution is 2.37. The molecule has 1 aliphatic rings. The predicted octanol–water partition coefficient (Wildman–Crippen LogP) is 5.05. The van der Waals surface area contributed by atoms with Crippen molar-refractivity contribution in [2.45, 2.75) is 57.7 Å². The molecule has 0 saturated heterocycles. The number of aromatic nitrogens is 3. The molecule has 32 heavy (non-hydrogen) atoms. The summed E-state index contributed by atoms with van der Waals surface area (Å²) in [5.74, 6) is 0.427. The number of carbonyl (C=O) groups is 2. The van der Waals surface area contributed by atoms with Crippen molar-refractivity contribution in [3.05, 3.63) is 32.3 Å². The lowest BCUT2D eigenvalue weighted by Gasteiger charge is -2.13. The second-order valence-corrected chi connectivity index (χ2v) is 10.5. The molecule has 0 unspecified atom stereocenters. The smallest absolute Gasteiger partial charge is 0.340 e. The highest BCUT2D eigenvalue weighted by molar-refractivity contribution is 7.99. The van der Waals surface area contributed by atoms with Crippen molar-refractivity contribution in [1.82, 2.24) is 14.8 Å². The molecular formula is C22H26N4O3S3. The van der Waals surface area contributed by atoms with Crippen molar-refractivity contribution in [1.29, 1.82) is 0 Å². The summed E-state index contributed by atoms with van der Waals surface area (Å²) in [6, 6.07) is 1.78. The van der Waals surface area contributed by atoms with Crippen LogP contribution in [0, 0.1) is 0 Å². The number of anilines is 1. The number of thioether (sulfide) groups is 1. The molecule has 3 aromatic rings. The number of carbonyl (C=O) groups excluding carboxylic acids is 2. The predicted molar refractivity (Wildman–Crippen MR) is 130 cm³/mol. The fourth-order valence-corrected chi connectivity index (χ4v) is 6.75. The van der Waals surface area contributed by atoms with Crippen molar-refractivity contribution in [2.24, 2.45) is 0 Å². The van der Waals surface area contributed by atoms with Crippen LogP contribution in [0.2, 0.25) is 0 Å². The first-order valence-electron chi connectivity index (χ1n) is 10.7. The molecular weight excluding hydrogens is 464 g/mol. The highest BCUT2D eigenvalue weighted by Gasteiger charge is 2.23. The Bertz CT molecular complexity index is 1130. The van der Waals surface area contributed by atoms with E-state index in [9.17, 15) is 9.59 Å². The maximum atomic E-state index is 12.6. The molecule has 1 amide bonds. The molecule has 0 aliphatic heterocycles. The van der Waals surface area contributed by atoms with Gasteiger partial charge in [0.1, 0.15) is 5.00 Å². The van der Waals surface area contributed by atoms with E-state index in [0.717, 1.165) is 41.7 Å². The maximum Gasteiger partial charge on any atom is 0.340 e. The Morgan fingerprint density at radius 2 is 2.06 bits per heavy atom. The lowest BCUT2D eigenvalue weighted by molar-refractivity contribution is -0.113. The van der Waals surface area contributed by atoms with Gasteiger partial charge in [0.15, 0.2) is 11.0 Å². The minimum Gasteiger partial charge on any atom is -0.465 e. The minimum absolute atomic E-state index is 0.180. The number of amides is 1. The zero-order valence-corrected chi connectivity index (χ0v) is 20.8. The van der Waals surface area contributed by atoms with E-state index in [1.54, 1.807) is 6.07 Å². The summed E-state index contributed by atoms with van der Waals surface area (Å²) in [5, 5.41) is 15.2. The summed E-state index contributed by atoms with van der Waals surface area (Å²) in [7, 11) is 1.34. The van der Waals surface area contributed by atoms with E-state index in [4.69, 9.17) is 4.74 Å². The number of aryl methyl sites for hydroxylation is 2. The van der Waals surface area contributed by atoms with Gasteiger partial charge in [-0.2, -0.15) is 0 Å². The van der Waals surface area contributed by atoms with E-state index < -0.39 is 5.97 Å². The Balaban J connectivity index is 1.47. The van der Waals surface area contributed by atoms with E-state index >= 15 is 0 Å². The summed E-state index contributed by atoms with van der Waals surface area (Å²) in [4.78, 5) is 27.2. The van der Waals surface area contributed by atoms with Crippen LogP contribution in [0.15, 0.2) is 16.6 Å². The van der Waals surface area contributed by atoms with Gasteiger partial charge < -0.3 is 14.6 Å². The molecule has 0 aromatic carbocycles. The summed E-state index contributed by atoms with van der Waals surface area (Å²) >= 11 is 4.57. The second kappa shape index (κ2) is 10.2. The van der Waals surface area contributed by atoms with Gasteiger partial charge in [0, 0.05) is 27.2 Å². The zero-order chi connectivity index (χ0) is 22.7. The fraction of sp³-hybridized carbons (Fsp3) is 0.455. The molecule has 7 nitrogen and oxygen atoms in total. The highest BCUT2D eigenvalue weighted by atomic mass is 32.2. The summed E-state index contributed by atoms with van der Waals surface area (Å²) in [6.07, 6.45) is 5.50. The number of thiophene rings is 2. The van der Waals surface area contributed by atoms with E-state index in [2.05, 4.69) is 32.4 Å². The minimum atomic E-state index is -0.446. The molecule has 0 fully saturated rings. The third-order valence-corrected chi connectivity index (χ3v) is 8.71. The monoisotopic (exact) mass is 490 g/mol. The van der Waals surface area contributed by atoms with Crippen LogP contribution in [0.1, 0.15) is 52.4 Å². The molecule has 0 saturated carbocycles. The average Bonchev–Trinajstić information content (AvgIpc) is 3.52. The van der Waals surface area contributed by atoms with E-state index in [-0.39, 0.29) is 11.7 Å². The van der Waals surface area contributed by atoms with E-state index in [0.29, 0.717) is 10.6 Å². The molecule has 4 rings (SSSR count). The quantitative estimate of drug-likeness (QED) is 0.351. The molecule has 3 heterocycles. The molecule has 10 heteroatoms. The van der Waals surface area contributed by atoms with Gasteiger partial charge in [-0.3, -0.25) is 4.79 Å². The first-order chi connectivity index (χ1) is 15.5. The number of esters is 1. The Morgan fingerprint density at radius 1 is 1.25 bits per heavy atom. The number of hydrogen-bond acceptors (Lipinski definition) is 8. The molecule has 1 N–H and O–H groups in total. The van der Waals surface area contributed by atoms with Crippen LogP contribution in [0.25, 0.3) is 11.4 Å². The van der Waals surface area contributed by atoms with E-state index in [1.807, 2.05) is 18.3 Å². The molecule has 0 radical (unpaired) electrons. The van der Waals surface area contributed by atoms with Crippen molar-refractivity contribution < 1.29 is 14.3 Å². The van der Waals surface area contributed by atoms with Gasteiger partial charge in [0.2, 0.25) is 5.91 Å². The number of ether oxygens (including phenoxy) is 1. The third kappa shape index (κ3) is 4.62. The van der Waals surface area contributed by atoms with Crippen LogP contribution in [-0.4, -0.2) is 39.5 Å². The number of rotatable bonds is 8. The van der Waals surface area contributed by atoms with E-state index in [1.165, 1.54) is 59.1 Å². The van der Waals surface area contributed by atoms with Crippen LogP contribution in [0.4, 0.5) is 5.00 Å². The molecule has 1 aliphatic carbocycles. The number of fused-ring (bicyclic) bond motifs is 1. The van der Waals surface area contributed by atoms with Gasteiger partial charge in [-0.25, -0.2) is 4.79 Å². The van der Waals surface area contributed by atoms with Crippen molar-refractivity contribution in [3.63, 3.8) is 0 Å². The SMILES string of the molecule is CCc1cc(C(=O)OC)c(NC(=O)CSc2nnc(-c3csc4c3CCCC4)n2CC)s1. The Kier molecular flexibility index (Phi) is 7.32. The maximum absolute atomic E-state index is 12.6. The number of nitrogens with one attached hydrogen (secondary N) is 1. The molecule has 0 bridgehead atoms. The molecule has 0 atom stereocenters. The lowest BCUT2D eigenvalue weighted by atomic mass is 9.96. The fourth-order valence-electron chi connectivity index (χ4n) is 3.82. The third-order valence-electron chi connectivity index (χ3n) is 5.46. The van der Waals surface area contributed by atoms with Gasteiger partial charge in [-0.1, -0.05) is 18.7 Å². The van der Waals surface area contributed by atoms with Crippen molar-refractivity contribution in [2.75, 3.05) is 18.2 Å². The van der Waals surface area contributed by atoms with Crippen molar-refractivity contribution >= 4 is 51.3 Å². The van der Waals surface area contributed by atoms with Gasteiger partial charge in [0.05, 0.1) is 18.4 Å². The second-order valence-electron chi connectivity index (χ2n) is 7.45. The normalized spacial score (nSPS) is 13.1. The van der Waals surface area contributed by atoms with Gasteiger partial charge >= 0.3 is 5.97 Å². The summed E-state index contributed by atoms with van der Waals surface area (Å²) in [6.45, 7) is 4.80. The van der Waals surface area contributed by atoms with Crippen LogP contribution in [0.5, 0.6) is 0 Å². The first kappa shape index (κ1) is 23.0. The first-order valence-corrected chi connectivity index (χ1v) is 13.4. The van der Waals surface area contributed by atoms with Gasteiger partial charge in [-0.15, -0.1) is 32.9 Å². The Labute approximate surface area is 199 Å². The van der Waals surface area contributed by atoms with Crippen molar-refractivity contribution in [3.8, 4) is 11.4 Å². The zero-order valence-electron chi connectivity index (χ0n) is 18.4. The topological polar surface area (TPSA) is 86.1 Å². The average molecular weight is 491 g/mol. The van der Waals surface area contributed by atoms with Crippen LogP contribution in [0.3, 0.4) is 0 Å². The van der Waals surface area contributed by atoms with Gasteiger partial charge in [-0.05, 0) is 50.7 Å². The molecule has 170 valence electrons. The number of methoxy groups -OCH3 is 1. The largest absolute Gasteiger partial charge is 0.465 e. The Morgan fingerprint density at radius 3 is 2.81 bits per heavy atom. The number of nitrogens with zero attached hydrogens (tertiary/aromatic N) is 3. The van der Waals surface area contributed by atoms with Crippen LogP contribution in [-0.2, 0) is 35.3 Å². The summed E-state index contributed by atoms with van der Waals surface area (Å²) < 4.78 is 6.92. The summed E-state index contributed by atoms with van der Waals surface area (Å²) in [5.41, 5.74) is 3.00. The lowest BCUT2D eigenvalue weighted by Crippen LogP contribution is -2.16. The molecule has 0 spiro atoms. The van der Waals surface area contributed by atoms with Gasteiger partial charge in [0.25, 0.3) is 0 Å². The molecule has 3 aromatic heterocycles. The Hall–Kier alpha value is -2.17. The standard InChI is InChI=1S/C22H26N4O3S3/c1-4-13-10-15(21(28)29-3)20(32-13)23-18(27)12-31-22-25-24-19(26(22)5-2)16-11-30-17-9-7-6-8-14(16)17/h10-11H,4-9,12H2,1-3H3,(H,23,27).